The summed E-state index contributed by atoms with van der Waals surface area (Å²) in [6, 6.07) is 18.4. The minimum Gasteiger partial charge on any atom is -0.256 e. The second kappa shape index (κ2) is 8.04. The molecule has 0 saturated heterocycles. The summed E-state index contributed by atoms with van der Waals surface area (Å²) in [6.07, 6.45) is 1.59. The van der Waals surface area contributed by atoms with E-state index >= 15 is 0 Å². The maximum Gasteiger partial charge on any atom is 0.0776 e. The van der Waals surface area contributed by atoms with E-state index in [1.54, 1.807) is 6.20 Å². The predicted molar refractivity (Wildman–Crippen MR) is 84.8 cm³/mol. The number of benzene rings is 2. The first-order chi connectivity index (χ1) is 9.33. The van der Waals surface area contributed by atoms with E-state index in [0.717, 1.165) is 16.8 Å². The zero-order chi connectivity index (χ0) is 14.1. The summed E-state index contributed by atoms with van der Waals surface area (Å²) >= 11 is 0. The quantitative estimate of drug-likeness (QED) is 0.680. The number of rotatable bonds is 3. The van der Waals surface area contributed by atoms with Crippen LogP contribution in [0.4, 0.5) is 0 Å². The van der Waals surface area contributed by atoms with E-state index < -0.39 is 0 Å². The van der Waals surface area contributed by atoms with E-state index in [2.05, 4.69) is 42.8 Å². The van der Waals surface area contributed by atoms with Crippen molar-refractivity contribution >= 4 is 5.71 Å². The largest absolute Gasteiger partial charge is 0.256 e. The van der Waals surface area contributed by atoms with Gasteiger partial charge in [0.2, 0.25) is 0 Å². The molecule has 0 N–H and O–H groups in total. The van der Waals surface area contributed by atoms with Crippen LogP contribution in [0.5, 0.6) is 0 Å². The van der Waals surface area contributed by atoms with Crippen molar-refractivity contribution < 1.29 is 0 Å². The van der Waals surface area contributed by atoms with Crippen molar-refractivity contribution in [1.29, 1.82) is 0 Å². The maximum absolute atomic E-state index is 4.41. The summed E-state index contributed by atoms with van der Waals surface area (Å²) in [7, 11) is 0. The number of nitrogens with zero attached hydrogens (tertiary/aromatic N) is 1. The molecule has 98 valence electrons. The Labute approximate surface area is 116 Å². The van der Waals surface area contributed by atoms with Crippen LogP contribution < -0.4 is 0 Å². The smallest absolute Gasteiger partial charge is 0.0776 e. The Morgan fingerprint density at radius 1 is 0.947 bits per heavy atom. The Morgan fingerprint density at radius 2 is 1.53 bits per heavy atom. The number of aryl methyl sites for hydroxylation is 1. The van der Waals surface area contributed by atoms with Crippen molar-refractivity contribution in [2.45, 2.75) is 20.8 Å². The average molecular weight is 251 g/mol. The van der Waals surface area contributed by atoms with Crippen molar-refractivity contribution in [1.82, 2.24) is 0 Å². The van der Waals surface area contributed by atoms with Crippen LogP contribution in [0.3, 0.4) is 0 Å². The van der Waals surface area contributed by atoms with E-state index in [1.165, 1.54) is 5.56 Å². The Balaban J connectivity index is 0.000000861. The van der Waals surface area contributed by atoms with Gasteiger partial charge in [0.05, 0.1) is 5.71 Å². The van der Waals surface area contributed by atoms with Gasteiger partial charge in [-0.25, -0.2) is 0 Å². The van der Waals surface area contributed by atoms with Gasteiger partial charge in [-0.3, -0.25) is 4.99 Å². The molecule has 0 aliphatic carbocycles. The van der Waals surface area contributed by atoms with E-state index in [9.17, 15) is 0 Å². The monoisotopic (exact) mass is 251 g/mol. The first-order valence-electron chi connectivity index (χ1n) is 6.63. The van der Waals surface area contributed by atoms with E-state index in [1.807, 2.05) is 44.2 Å². The van der Waals surface area contributed by atoms with E-state index in [-0.39, 0.29) is 0 Å². The zero-order valence-corrected chi connectivity index (χ0v) is 11.9. The summed E-state index contributed by atoms with van der Waals surface area (Å²) in [4.78, 5) is 4.41. The second-order valence-corrected chi connectivity index (χ2v) is 3.84. The molecule has 1 heteroatoms. The van der Waals surface area contributed by atoms with Gasteiger partial charge in [-0.1, -0.05) is 75.0 Å². The van der Waals surface area contributed by atoms with Gasteiger partial charge in [-0.15, -0.1) is 0 Å². The molecule has 2 rings (SSSR count). The fourth-order valence-corrected chi connectivity index (χ4v) is 1.83. The molecule has 2 aromatic carbocycles. The maximum atomic E-state index is 4.41. The van der Waals surface area contributed by atoms with Crippen LogP contribution in [0.2, 0.25) is 0 Å². The fraction of sp³-hybridized carbons (Fsp3) is 0.167. The van der Waals surface area contributed by atoms with Gasteiger partial charge in [0.15, 0.2) is 0 Å². The van der Waals surface area contributed by atoms with Gasteiger partial charge in [0.25, 0.3) is 0 Å². The van der Waals surface area contributed by atoms with Crippen molar-refractivity contribution in [3.05, 3.63) is 84.1 Å². The van der Waals surface area contributed by atoms with E-state index in [4.69, 9.17) is 0 Å². The van der Waals surface area contributed by atoms with Crippen LogP contribution in [0.1, 0.15) is 30.5 Å². The van der Waals surface area contributed by atoms with E-state index in [0.29, 0.717) is 0 Å². The molecule has 0 unspecified atom stereocenters. The lowest BCUT2D eigenvalue weighted by Gasteiger charge is -2.09. The standard InChI is InChI=1S/C16H15N.C2H6/c1-3-17-16(14-10-5-4-6-11-14)15-12-8-7-9-13(15)2;1-2/h3-12H,1H2,2H3;1-2H3. The SMILES string of the molecule is C=CN=C(c1ccccc1)c1ccccc1C.CC. The number of aliphatic imine (C=N–C) groups is 1. The zero-order valence-electron chi connectivity index (χ0n) is 11.9. The van der Waals surface area contributed by atoms with Crippen molar-refractivity contribution in [3.63, 3.8) is 0 Å². The predicted octanol–water partition coefficient (Wildman–Crippen LogP) is 5.00. The number of hydrogen-bond donors (Lipinski definition) is 0. The topological polar surface area (TPSA) is 12.4 Å². The van der Waals surface area contributed by atoms with Gasteiger partial charge < -0.3 is 0 Å². The van der Waals surface area contributed by atoms with Gasteiger partial charge in [-0.2, -0.15) is 0 Å². The molecule has 0 radical (unpaired) electrons. The third-order valence-electron chi connectivity index (χ3n) is 2.67. The van der Waals surface area contributed by atoms with Crippen molar-refractivity contribution in [2.75, 3.05) is 0 Å². The highest BCUT2D eigenvalue weighted by molar-refractivity contribution is 6.13. The lowest BCUT2D eigenvalue weighted by atomic mass is 9.98. The minimum atomic E-state index is 0.971. The molecule has 0 bridgehead atoms. The van der Waals surface area contributed by atoms with Crippen LogP contribution in [0.15, 0.2) is 72.4 Å². The van der Waals surface area contributed by atoms with Crippen LogP contribution in [0, 0.1) is 6.92 Å². The minimum absolute atomic E-state index is 0.971. The Morgan fingerprint density at radius 3 is 2.11 bits per heavy atom. The molecule has 0 fully saturated rings. The molecule has 0 spiro atoms. The fourth-order valence-electron chi connectivity index (χ4n) is 1.83. The van der Waals surface area contributed by atoms with Gasteiger partial charge >= 0.3 is 0 Å². The summed E-state index contributed by atoms with van der Waals surface area (Å²) < 4.78 is 0. The first-order valence-corrected chi connectivity index (χ1v) is 6.63. The molecule has 0 aliphatic rings. The van der Waals surface area contributed by atoms with Crippen LogP contribution in [-0.4, -0.2) is 5.71 Å². The third kappa shape index (κ3) is 3.92. The van der Waals surface area contributed by atoms with Gasteiger partial charge in [0, 0.05) is 17.3 Å². The first kappa shape index (κ1) is 14.9. The Hall–Kier alpha value is -2.15. The summed E-state index contributed by atoms with van der Waals surface area (Å²) in [5.74, 6) is 0. The van der Waals surface area contributed by atoms with Crippen LogP contribution in [-0.2, 0) is 0 Å². The molecular weight excluding hydrogens is 230 g/mol. The van der Waals surface area contributed by atoms with Crippen molar-refractivity contribution in [2.24, 2.45) is 4.99 Å². The number of hydrogen-bond acceptors (Lipinski definition) is 1. The highest BCUT2D eigenvalue weighted by Gasteiger charge is 2.07. The summed E-state index contributed by atoms with van der Waals surface area (Å²) in [5, 5.41) is 0. The normalized spacial score (nSPS) is 10.4. The molecule has 1 nitrogen and oxygen atoms in total. The molecule has 0 heterocycles. The molecular formula is C18H21N. The third-order valence-corrected chi connectivity index (χ3v) is 2.67. The Bertz CT molecular complexity index is 539. The highest BCUT2D eigenvalue weighted by atomic mass is 14.7. The molecule has 0 saturated carbocycles. The Kier molecular flexibility index (Phi) is 6.31. The lowest BCUT2D eigenvalue weighted by molar-refractivity contribution is 1.41. The van der Waals surface area contributed by atoms with Gasteiger partial charge in [-0.05, 0) is 12.5 Å². The summed E-state index contributed by atoms with van der Waals surface area (Å²) in [6.45, 7) is 9.79. The van der Waals surface area contributed by atoms with Gasteiger partial charge in [0.1, 0.15) is 0 Å². The molecule has 0 aliphatic heterocycles. The lowest BCUT2D eigenvalue weighted by Crippen LogP contribution is -2.04. The molecule has 0 atom stereocenters. The van der Waals surface area contributed by atoms with Crippen molar-refractivity contribution in [3.8, 4) is 0 Å². The average Bonchev–Trinajstić information content (AvgIpc) is 2.49. The van der Waals surface area contributed by atoms with Crippen LogP contribution >= 0.6 is 0 Å². The highest BCUT2D eigenvalue weighted by Crippen LogP contribution is 2.15. The second-order valence-electron chi connectivity index (χ2n) is 3.84. The molecule has 2 aromatic rings. The molecule has 19 heavy (non-hydrogen) atoms. The van der Waals surface area contributed by atoms with Crippen LogP contribution in [0.25, 0.3) is 0 Å². The molecule has 0 amide bonds. The molecule has 0 aromatic heterocycles. The summed E-state index contributed by atoms with van der Waals surface area (Å²) in [5.41, 5.74) is 4.45.